The Morgan fingerprint density at radius 2 is 1.67 bits per heavy atom. The Bertz CT molecular complexity index is 1550. The van der Waals surface area contributed by atoms with Gasteiger partial charge in [0.25, 0.3) is 0 Å². The third kappa shape index (κ3) is 3.93. The van der Waals surface area contributed by atoms with Crippen LogP contribution < -0.4 is 4.72 Å². The number of nitrogens with one attached hydrogen (secondary N) is 3. The van der Waals surface area contributed by atoms with E-state index in [1.807, 2.05) is 18.5 Å². The molecule has 6 aromatic rings. The van der Waals surface area contributed by atoms with Gasteiger partial charge in [0.05, 0.1) is 0 Å². The van der Waals surface area contributed by atoms with Crippen molar-refractivity contribution < 1.29 is 0 Å². The third-order valence-electron chi connectivity index (χ3n) is 5.87. The molecule has 3 N–H and O–H groups in total. The lowest BCUT2D eigenvalue weighted by atomic mass is 10.00. The predicted molar refractivity (Wildman–Crippen MR) is 138 cm³/mol. The molecule has 0 fully saturated rings. The smallest absolute Gasteiger partial charge is 0.138 e. The molecule has 3 aromatic heterocycles. The van der Waals surface area contributed by atoms with Gasteiger partial charge in [-0.05, 0) is 70.6 Å². The maximum atomic E-state index is 4.61. The first-order chi connectivity index (χ1) is 16.3. The van der Waals surface area contributed by atoms with Gasteiger partial charge in [-0.25, -0.2) is 4.98 Å². The van der Waals surface area contributed by atoms with Crippen molar-refractivity contribution in [2.75, 3.05) is 0 Å². The molecule has 0 radical (unpaired) electrons. The van der Waals surface area contributed by atoms with Gasteiger partial charge in [0, 0.05) is 45.8 Å². The molecular formula is C28H22N4S. The summed E-state index contributed by atoms with van der Waals surface area (Å²) in [5.41, 5.74) is 7.91. The van der Waals surface area contributed by atoms with Crippen molar-refractivity contribution >= 4 is 33.9 Å². The highest BCUT2D eigenvalue weighted by Crippen LogP contribution is 2.35. The van der Waals surface area contributed by atoms with Crippen LogP contribution in [0.25, 0.3) is 44.3 Å². The van der Waals surface area contributed by atoms with Crippen LogP contribution in [-0.4, -0.2) is 15.0 Å². The number of H-pyrrole nitrogens is 2. The monoisotopic (exact) mass is 446 g/mol. The third-order valence-corrected chi connectivity index (χ3v) is 6.65. The molecule has 3 heterocycles. The van der Waals surface area contributed by atoms with Gasteiger partial charge >= 0.3 is 0 Å². The fourth-order valence-corrected chi connectivity index (χ4v) is 5.00. The van der Waals surface area contributed by atoms with Crippen LogP contribution in [0.5, 0.6) is 0 Å². The average molecular weight is 447 g/mol. The zero-order chi connectivity index (χ0) is 22.0. The van der Waals surface area contributed by atoms with Gasteiger partial charge in [0.2, 0.25) is 0 Å². The van der Waals surface area contributed by atoms with E-state index in [0.717, 1.165) is 34.4 Å². The van der Waals surface area contributed by atoms with E-state index in [1.165, 1.54) is 27.0 Å². The number of hydrogen-bond donors (Lipinski definition) is 3. The molecule has 0 aliphatic carbocycles. The zero-order valence-electron chi connectivity index (χ0n) is 17.9. The first-order valence-electron chi connectivity index (χ1n) is 10.9. The Morgan fingerprint density at radius 1 is 0.788 bits per heavy atom. The van der Waals surface area contributed by atoms with Gasteiger partial charge in [-0.1, -0.05) is 54.6 Å². The summed E-state index contributed by atoms with van der Waals surface area (Å²) in [5.74, 6) is 0. The maximum Gasteiger partial charge on any atom is 0.138 e. The molecule has 0 saturated heterocycles. The molecule has 0 unspecified atom stereocenters. The van der Waals surface area contributed by atoms with E-state index in [-0.39, 0.29) is 0 Å². The number of benzene rings is 3. The summed E-state index contributed by atoms with van der Waals surface area (Å²) in [6.45, 7) is 0.820. The second kappa shape index (κ2) is 8.62. The minimum absolute atomic E-state index is 0.820. The molecule has 0 atom stereocenters. The molecule has 0 saturated carbocycles. The summed E-state index contributed by atoms with van der Waals surface area (Å²) < 4.78 is 3.46. The molecule has 4 nitrogen and oxygen atoms in total. The van der Waals surface area contributed by atoms with E-state index in [1.54, 1.807) is 11.9 Å². The summed E-state index contributed by atoms with van der Waals surface area (Å²) in [6, 6.07) is 31.8. The van der Waals surface area contributed by atoms with Crippen LogP contribution in [0.4, 0.5) is 0 Å². The van der Waals surface area contributed by atoms with Gasteiger partial charge in [-0.3, -0.25) is 4.72 Å². The van der Waals surface area contributed by atoms with Crippen LogP contribution in [0.2, 0.25) is 0 Å². The lowest BCUT2D eigenvalue weighted by Crippen LogP contribution is -2.02. The standard InChI is InChI=1S/C28H22N4S/c1-2-6-19(7-3-1)18-31-33-21-9-4-8-20(16-21)27-17-25-23(12-15-30-28(25)32-27)22-10-5-11-26-24(22)13-14-29-26/h1-17,29,31H,18H2,(H,30,32). The molecule has 6 rings (SSSR count). The van der Waals surface area contributed by atoms with E-state index >= 15 is 0 Å². The molecule has 0 bridgehead atoms. The van der Waals surface area contributed by atoms with Crippen LogP contribution in [0.3, 0.4) is 0 Å². The first-order valence-corrected chi connectivity index (χ1v) is 11.7. The Labute approximate surface area is 196 Å². The van der Waals surface area contributed by atoms with Crippen molar-refractivity contribution in [3.8, 4) is 22.4 Å². The average Bonchev–Trinajstić information content (AvgIpc) is 3.52. The largest absolute Gasteiger partial charge is 0.361 e. The van der Waals surface area contributed by atoms with Crippen LogP contribution >= 0.6 is 11.9 Å². The first kappa shape index (κ1) is 19.9. The number of rotatable bonds is 6. The quantitative estimate of drug-likeness (QED) is 0.238. The highest BCUT2D eigenvalue weighted by atomic mass is 32.2. The maximum absolute atomic E-state index is 4.61. The molecule has 0 amide bonds. The highest BCUT2D eigenvalue weighted by Gasteiger charge is 2.12. The zero-order valence-corrected chi connectivity index (χ0v) is 18.7. The second-order valence-electron chi connectivity index (χ2n) is 7.98. The topological polar surface area (TPSA) is 56.5 Å². The molecule has 33 heavy (non-hydrogen) atoms. The normalized spacial score (nSPS) is 11.4. The Kier molecular flexibility index (Phi) is 5.19. The Morgan fingerprint density at radius 3 is 2.61 bits per heavy atom. The van der Waals surface area contributed by atoms with E-state index in [4.69, 9.17) is 0 Å². The van der Waals surface area contributed by atoms with Crippen molar-refractivity contribution in [1.29, 1.82) is 0 Å². The van der Waals surface area contributed by atoms with Gasteiger partial charge in [0.15, 0.2) is 0 Å². The predicted octanol–water partition coefficient (Wildman–Crippen LogP) is 7.18. The van der Waals surface area contributed by atoms with Gasteiger partial charge in [-0.2, -0.15) is 0 Å². The summed E-state index contributed by atoms with van der Waals surface area (Å²) in [5, 5.41) is 2.34. The fraction of sp³-hybridized carbons (Fsp3) is 0.0357. The van der Waals surface area contributed by atoms with Crippen molar-refractivity contribution in [2.45, 2.75) is 11.4 Å². The van der Waals surface area contributed by atoms with E-state index in [9.17, 15) is 0 Å². The number of aromatic nitrogens is 3. The Hall–Kier alpha value is -3.80. The minimum atomic E-state index is 0.820. The fourth-order valence-electron chi connectivity index (χ4n) is 4.26. The number of fused-ring (bicyclic) bond motifs is 2. The highest BCUT2D eigenvalue weighted by molar-refractivity contribution is 7.97. The van der Waals surface area contributed by atoms with Crippen molar-refractivity contribution in [1.82, 2.24) is 19.7 Å². The summed E-state index contributed by atoms with van der Waals surface area (Å²) in [6.07, 6.45) is 3.87. The van der Waals surface area contributed by atoms with E-state index < -0.39 is 0 Å². The van der Waals surface area contributed by atoms with Crippen molar-refractivity contribution in [3.05, 3.63) is 109 Å². The molecule has 0 aliphatic rings. The molecule has 3 aromatic carbocycles. The van der Waals surface area contributed by atoms with Crippen LogP contribution in [0.15, 0.2) is 108 Å². The summed E-state index contributed by atoms with van der Waals surface area (Å²) in [4.78, 5) is 12.6. The minimum Gasteiger partial charge on any atom is -0.361 e. The number of pyridine rings is 1. The summed E-state index contributed by atoms with van der Waals surface area (Å²) in [7, 11) is 0. The van der Waals surface area contributed by atoms with Gasteiger partial charge in [-0.15, -0.1) is 0 Å². The number of nitrogens with zero attached hydrogens (tertiary/aromatic N) is 1. The lowest BCUT2D eigenvalue weighted by Gasteiger charge is -2.06. The number of hydrogen-bond acceptors (Lipinski definition) is 3. The molecule has 5 heteroatoms. The molecule has 160 valence electrons. The summed E-state index contributed by atoms with van der Waals surface area (Å²) >= 11 is 1.65. The van der Waals surface area contributed by atoms with Gasteiger partial charge in [0.1, 0.15) is 5.65 Å². The van der Waals surface area contributed by atoms with Crippen LogP contribution in [0.1, 0.15) is 5.56 Å². The molecule has 0 aliphatic heterocycles. The van der Waals surface area contributed by atoms with Crippen LogP contribution in [0, 0.1) is 0 Å². The van der Waals surface area contributed by atoms with Crippen LogP contribution in [-0.2, 0) is 6.54 Å². The Balaban J connectivity index is 1.31. The van der Waals surface area contributed by atoms with E-state index in [0.29, 0.717) is 0 Å². The van der Waals surface area contributed by atoms with Crippen molar-refractivity contribution in [2.24, 2.45) is 0 Å². The molecule has 0 spiro atoms. The molecular weight excluding hydrogens is 424 g/mol. The van der Waals surface area contributed by atoms with E-state index in [2.05, 4.69) is 105 Å². The number of aromatic amines is 2. The van der Waals surface area contributed by atoms with Gasteiger partial charge < -0.3 is 9.97 Å². The lowest BCUT2D eigenvalue weighted by molar-refractivity contribution is 0.975. The SMILES string of the molecule is c1ccc(CNSc2cccc(-c3cc4c(-c5cccc6[nH]ccc56)ccnc4[nH]3)c2)cc1. The second-order valence-corrected chi connectivity index (χ2v) is 8.95. The van der Waals surface area contributed by atoms with Crippen molar-refractivity contribution in [3.63, 3.8) is 0 Å².